The summed E-state index contributed by atoms with van der Waals surface area (Å²) in [6.07, 6.45) is 11.2. The third-order valence-corrected chi connectivity index (χ3v) is 9.08. The fourth-order valence-corrected chi connectivity index (χ4v) is 7.36. The van der Waals surface area contributed by atoms with Gasteiger partial charge in [-0.25, -0.2) is 0 Å². The minimum atomic E-state index is -0.931. The third-order valence-electron chi connectivity index (χ3n) is 9.08. The highest BCUT2D eigenvalue weighted by molar-refractivity contribution is 6.01. The average molecular weight is 413 g/mol. The molecule has 1 saturated heterocycles. The number of rotatable bonds is 3. The lowest BCUT2D eigenvalue weighted by Crippen LogP contribution is -2.56. The van der Waals surface area contributed by atoms with Crippen LogP contribution in [0.25, 0.3) is 0 Å². The molecule has 8 atom stereocenters. The van der Waals surface area contributed by atoms with Crippen molar-refractivity contribution in [1.29, 1.82) is 0 Å². The molecule has 5 heteroatoms. The Balaban J connectivity index is 1.46. The molecule has 0 bridgehead atoms. The van der Waals surface area contributed by atoms with E-state index in [1.165, 1.54) is 18.1 Å². The average Bonchev–Trinajstić information content (AvgIpc) is 3.44. The van der Waals surface area contributed by atoms with Crippen LogP contribution in [0.3, 0.4) is 0 Å². The molecule has 5 aliphatic rings. The van der Waals surface area contributed by atoms with E-state index in [1.54, 1.807) is 6.08 Å². The first-order valence-corrected chi connectivity index (χ1v) is 11.3. The molecule has 1 aliphatic heterocycles. The standard InChI is InChI=1S/C25H32O5/c1-14-11-20-18-6-5-16-12-17(27)7-9-23(16,3)19(18)8-10-24(20,4)25(14,28)22-21(30-22)13-29-15(2)26/h7-9,12,14,18,20-22,28H,5-6,10-11,13H2,1-4H3/t14-,18?,20?,21?,22?,23-,24-,25-/m0/s1. The molecule has 4 unspecified atom stereocenters. The Labute approximate surface area is 178 Å². The summed E-state index contributed by atoms with van der Waals surface area (Å²) < 4.78 is 11.0. The van der Waals surface area contributed by atoms with Crippen molar-refractivity contribution in [1.82, 2.24) is 0 Å². The zero-order valence-corrected chi connectivity index (χ0v) is 18.3. The Hall–Kier alpha value is -1.72. The Morgan fingerprint density at radius 1 is 1.37 bits per heavy atom. The number of carbonyl (C=O) groups is 2. The number of aliphatic hydroxyl groups is 1. The van der Waals surface area contributed by atoms with Crippen molar-refractivity contribution in [2.45, 2.75) is 71.2 Å². The number of ketones is 1. The lowest BCUT2D eigenvalue weighted by molar-refractivity contribution is -0.141. The van der Waals surface area contributed by atoms with E-state index < -0.39 is 5.60 Å². The smallest absolute Gasteiger partial charge is 0.302 e. The number of allylic oxidation sites excluding steroid dienone is 6. The van der Waals surface area contributed by atoms with Crippen molar-refractivity contribution in [2.24, 2.45) is 28.6 Å². The van der Waals surface area contributed by atoms with E-state index in [0.717, 1.165) is 25.7 Å². The second-order valence-electron chi connectivity index (χ2n) is 10.5. The molecule has 4 aliphatic carbocycles. The highest BCUT2D eigenvalue weighted by Gasteiger charge is 2.71. The Morgan fingerprint density at radius 3 is 2.87 bits per heavy atom. The maximum absolute atomic E-state index is 12.0. The molecule has 2 saturated carbocycles. The SMILES string of the molecule is CC(=O)OCC1OC1[C@@]1(O)[C@@H](C)CC2C3CCC4=CC(=O)C=C[C@]4(C)C3=CC[C@@]21C. The molecule has 0 aromatic heterocycles. The molecule has 0 aromatic rings. The summed E-state index contributed by atoms with van der Waals surface area (Å²) in [4.78, 5) is 23.1. The predicted molar refractivity (Wildman–Crippen MR) is 111 cm³/mol. The van der Waals surface area contributed by atoms with Crippen molar-refractivity contribution >= 4 is 11.8 Å². The van der Waals surface area contributed by atoms with Crippen molar-refractivity contribution in [3.8, 4) is 0 Å². The zero-order valence-electron chi connectivity index (χ0n) is 18.3. The van der Waals surface area contributed by atoms with Gasteiger partial charge >= 0.3 is 5.97 Å². The molecule has 162 valence electrons. The number of hydrogen-bond acceptors (Lipinski definition) is 5. The van der Waals surface area contributed by atoms with Gasteiger partial charge in [-0.2, -0.15) is 0 Å². The normalized spacial score (nSPS) is 48.8. The highest BCUT2D eigenvalue weighted by Crippen LogP contribution is 2.68. The van der Waals surface area contributed by atoms with E-state index in [4.69, 9.17) is 9.47 Å². The fraction of sp³-hybridized carbons (Fsp3) is 0.680. The maximum atomic E-state index is 12.0. The van der Waals surface area contributed by atoms with Gasteiger partial charge < -0.3 is 14.6 Å². The molecular weight excluding hydrogens is 380 g/mol. The first-order valence-electron chi connectivity index (χ1n) is 11.3. The van der Waals surface area contributed by atoms with E-state index in [2.05, 4.69) is 32.9 Å². The molecule has 0 spiro atoms. The van der Waals surface area contributed by atoms with Gasteiger partial charge in [-0.05, 0) is 62.5 Å². The van der Waals surface area contributed by atoms with Gasteiger partial charge in [-0.15, -0.1) is 0 Å². The fourth-order valence-electron chi connectivity index (χ4n) is 7.36. The second kappa shape index (κ2) is 6.39. The van der Waals surface area contributed by atoms with E-state index in [9.17, 15) is 14.7 Å². The summed E-state index contributed by atoms with van der Waals surface area (Å²) >= 11 is 0. The van der Waals surface area contributed by atoms with Gasteiger partial charge in [0.1, 0.15) is 24.4 Å². The number of carbonyl (C=O) groups excluding carboxylic acids is 2. The second-order valence-corrected chi connectivity index (χ2v) is 10.5. The van der Waals surface area contributed by atoms with Crippen molar-refractivity contribution in [3.05, 3.63) is 35.5 Å². The van der Waals surface area contributed by atoms with Gasteiger partial charge in [0.2, 0.25) is 0 Å². The summed E-state index contributed by atoms with van der Waals surface area (Å²) in [5.41, 5.74) is 1.28. The topological polar surface area (TPSA) is 76.1 Å². The van der Waals surface area contributed by atoms with Crippen LogP contribution in [0.4, 0.5) is 0 Å². The maximum Gasteiger partial charge on any atom is 0.302 e. The molecule has 0 radical (unpaired) electrons. The summed E-state index contributed by atoms with van der Waals surface area (Å²) in [6, 6.07) is 0. The van der Waals surface area contributed by atoms with Gasteiger partial charge in [-0.1, -0.05) is 37.1 Å². The summed E-state index contributed by atoms with van der Waals surface area (Å²) in [6.45, 7) is 8.22. The number of epoxide rings is 1. The zero-order chi connectivity index (χ0) is 21.5. The Kier molecular flexibility index (Phi) is 4.31. The van der Waals surface area contributed by atoms with Gasteiger partial charge in [0.15, 0.2) is 5.78 Å². The van der Waals surface area contributed by atoms with Gasteiger partial charge in [0.05, 0.1) is 0 Å². The third kappa shape index (κ3) is 2.54. The van der Waals surface area contributed by atoms with Crippen LogP contribution >= 0.6 is 0 Å². The van der Waals surface area contributed by atoms with Crippen LogP contribution < -0.4 is 0 Å². The molecule has 1 heterocycles. The van der Waals surface area contributed by atoms with Gasteiger partial charge in [-0.3, -0.25) is 9.59 Å². The summed E-state index contributed by atoms with van der Waals surface area (Å²) in [5.74, 6) is 0.672. The highest BCUT2D eigenvalue weighted by atomic mass is 16.6. The predicted octanol–water partition coefficient (Wildman–Crippen LogP) is 3.52. The van der Waals surface area contributed by atoms with Crippen LogP contribution in [0.2, 0.25) is 0 Å². The molecule has 3 fully saturated rings. The molecular formula is C25H32O5. The molecule has 0 aromatic carbocycles. The van der Waals surface area contributed by atoms with Crippen LogP contribution in [0.5, 0.6) is 0 Å². The van der Waals surface area contributed by atoms with Gasteiger partial charge in [0, 0.05) is 17.8 Å². The lowest BCUT2D eigenvalue weighted by Gasteiger charge is -2.54. The molecule has 5 rings (SSSR count). The van der Waals surface area contributed by atoms with Crippen molar-refractivity contribution < 1.29 is 24.2 Å². The van der Waals surface area contributed by atoms with E-state index in [1.807, 2.05) is 6.08 Å². The minimum Gasteiger partial charge on any atom is -0.463 e. The molecule has 30 heavy (non-hydrogen) atoms. The molecule has 0 amide bonds. The first-order chi connectivity index (χ1) is 14.1. The number of esters is 1. The van der Waals surface area contributed by atoms with Crippen LogP contribution in [-0.2, 0) is 19.1 Å². The van der Waals surface area contributed by atoms with Gasteiger partial charge in [0.25, 0.3) is 0 Å². The number of fused-ring (bicyclic) bond motifs is 5. The van der Waals surface area contributed by atoms with Crippen LogP contribution in [0.1, 0.15) is 53.4 Å². The molecule has 1 N–H and O–H groups in total. The largest absolute Gasteiger partial charge is 0.463 e. The number of ether oxygens (including phenoxy) is 2. The quantitative estimate of drug-likeness (QED) is 0.436. The van der Waals surface area contributed by atoms with Crippen LogP contribution in [-0.4, -0.2) is 41.3 Å². The Bertz CT molecular complexity index is 899. The number of hydrogen-bond donors (Lipinski definition) is 1. The van der Waals surface area contributed by atoms with Crippen LogP contribution in [0.15, 0.2) is 35.5 Å². The van der Waals surface area contributed by atoms with Crippen molar-refractivity contribution in [3.63, 3.8) is 0 Å². The first kappa shape index (κ1) is 20.2. The van der Waals surface area contributed by atoms with E-state index in [0.29, 0.717) is 11.8 Å². The van der Waals surface area contributed by atoms with E-state index in [-0.39, 0.29) is 47.3 Å². The van der Waals surface area contributed by atoms with Crippen molar-refractivity contribution in [2.75, 3.05) is 6.61 Å². The molecule has 5 nitrogen and oxygen atoms in total. The summed E-state index contributed by atoms with van der Waals surface area (Å²) in [5, 5.41) is 12.0. The summed E-state index contributed by atoms with van der Waals surface area (Å²) in [7, 11) is 0. The van der Waals surface area contributed by atoms with Crippen LogP contribution in [0, 0.1) is 28.6 Å². The minimum absolute atomic E-state index is 0.0933. The lowest BCUT2D eigenvalue weighted by atomic mass is 9.51. The monoisotopic (exact) mass is 412 g/mol. The van der Waals surface area contributed by atoms with E-state index >= 15 is 0 Å². The Morgan fingerprint density at radius 2 is 2.13 bits per heavy atom.